The number of benzene rings is 2. The second-order valence-corrected chi connectivity index (χ2v) is 5.23. The number of para-hydroxylation sites is 1. The van der Waals surface area contributed by atoms with Crippen molar-refractivity contribution in [3.8, 4) is 11.5 Å². The summed E-state index contributed by atoms with van der Waals surface area (Å²) in [6.45, 7) is 1.21. The van der Waals surface area contributed by atoms with Gasteiger partial charge in [0.25, 0.3) is 0 Å². The van der Waals surface area contributed by atoms with Gasteiger partial charge in [-0.05, 0) is 29.8 Å². The van der Waals surface area contributed by atoms with Gasteiger partial charge in [-0.1, -0.05) is 51.8 Å². The average Bonchev–Trinajstić information content (AvgIpc) is 2.49. The van der Waals surface area contributed by atoms with E-state index < -0.39 is 0 Å². The standard InChI is InChI=1S/C16H16BrClO2/c17-12-13-7-8-16(15(18)11-13)20-10-4-9-19-14-5-2-1-3-6-14/h1-3,5-8,11H,4,9-10,12H2. The quantitative estimate of drug-likeness (QED) is 0.509. The lowest BCUT2D eigenvalue weighted by molar-refractivity contribution is 0.247. The van der Waals surface area contributed by atoms with E-state index >= 15 is 0 Å². The second-order valence-electron chi connectivity index (χ2n) is 4.26. The Kier molecular flexibility index (Phi) is 6.22. The zero-order valence-electron chi connectivity index (χ0n) is 11.0. The zero-order chi connectivity index (χ0) is 14.2. The second kappa shape index (κ2) is 8.18. The van der Waals surface area contributed by atoms with Crippen molar-refractivity contribution in [2.24, 2.45) is 0 Å². The van der Waals surface area contributed by atoms with E-state index in [2.05, 4.69) is 15.9 Å². The predicted molar refractivity (Wildman–Crippen MR) is 86.1 cm³/mol. The Balaban J connectivity index is 1.71. The van der Waals surface area contributed by atoms with Gasteiger partial charge < -0.3 is 9.47 Å². The van der Waals surface area contributed by atoms with Gasteiger partial charge in [0.15, 0.2) is 0 Å². The number of hydrogen-bond acceptors (Lipinski definition) is 2. The number of rotatable bonds is 7. The van der Waals surface area contributed by atoms with Gasteiger partial charge in [-0.25, -0.2) is 0 Å². The fourth-order valence-corrected chi connectivity index (χ4v) is 2.30. The smallest absolute Gasteiger partial charge is 0.137 e. The summed E-state index contributed by atoms with van der Waals surface area (Å²) in [5.74, 6) is 1.60. The van der Waals surface area contributed by atoms with Crippen molar-refractivity contribution < 1.29 is 9.47 Å². The first kappa shape index (κ1) is 15.2. The van der Waals surface area contributed by atoms with Crippen molar-refractivity contribution in [1.29, 1.82) is 0 Å². The minimum atomic E-state index is 0.584. The molecular formula is C16H16BrClO2. The number of ether oxygens (including phenoxy) is 2. The highest BCUT2D eigenvalue weighted by Gasteiger charge is 2.02. The van der Waals surface area contributed by atoms with Crippen molar-refractivity contribution in [3.63, 3.8) is 0 Å². The lowest BCUT2D eigenvalue weighted by Gasteiger charge is -2.09. The van der Waals surface area contributed by atoms with Crippen molar-refractivity contribution in [2.45, 2.75) is 11.8 Å². The van der Waals surface area contributed by atoms with Crippen LogP contribution in [0.25, 0.3) is 0 Å². The van der Waals surface area contributed by atoms with Gasteiger partial charge in [-0.15, -0.1) is 0 Å². The molecule has 0 spiro atoms. The third-order valence-electron chi connectivity index (χ3n) is 2.71. The van der Waals surface area contributed by atoms with Gasteiger partial charge in [0.2, 0.25) is 0 Å². The minimum absolute atomic E-state index is 0.584. The molecule has 0 radical (unpaired) electrons. The van der Waals surface area contributed by atoms with E-state index in [1.54, 1.807) is 0 Å². The Morgan fingerprint density at radius 2 is 1.70 bits per heavy atom. The number of halogens is 2. The van der Waals surface area contributed by atoms with E-state index in [1.807, 2.05) is 48.5 Å². The minimum Gasteiger partial charge on any atom is -0.493 e. The molecule has 0 N–H and O–H groups in total. The van der Waals surface area contributed by atoms with Crippen LogP contribution in [0.3, 0.4) is 0 Å². The maximum absolute atomic E-state index is 6.14. The summed E-state index contributed by atoms with van der Waals surface area (Å²) in [5.41, 5.74) is 1.13. The molecule has 0 fully saturated rings. The highest BCUT2D eigenvalue weighted by Crippen LogP contribution is 2.26. The van der Waals surface area contributed by atoms with Crippen LogP contribution in [0.5, 0.6) is 11.5 Å². The maximum Gasteiger partial charge on any atom is 0.137 e. The number of hydrogen-bond donors (Lipinski definition) is 0. The van der Waals surface area contributed by atoms with Gasteiger partial charge in [-0.2, -0.15) is 0 Å². The average molecular weight is 356 g/mol. The molecule has 2 aromatic rings. The van der Waals surface area contributed by atoms with Crippen LogP contribution in [-0.4, -0.2) is 13.2 Å². The van der Waals surface area contributed by atoms with E-state index in [-0.39, 0.29) is 0 Å². The molecule has 0 atom stereocenters. The van der Waals surface area contributed by atoms with E-state index in [0.29, 0.717) is 18.2 Å². The molecular weight excluding hydrogens is 340 g/mol. The van der Waals surface area contributed by atoms with Crippen LogP contribution in [0.15, 0.2) is 48.5 Å². The van der Waals surface area contributed by atoms with E-state index in [0.717, 1.165) is 28.8 Å². The van der Waals surface area contributed by atoms with Crippen molar-refractivity contribution in [2.75, 3.05) is 13.2 Å². The number of alkyl halides is 1. The molecule has 0 saturated carbocycles. The Labute approximate surface area is 132 Å². The van der Waals surface area contributed by atoms with E-state index in [1.165, 1.54) is 0 Å². The third kappa shape index (κ3) is 4.73. The summed E-state index contributed by atoms with van der Waals surface area (Å²) in [6.07, 6.45) is 0.811. The lowest BCUT2D eigenvalue weighted by Crippen LogP contribution is -2.05. The van der Waals surface area contributed by atoms with Crippen molar-refractivity contribution >= 4 is 27.5 Å². The van der Waals surface area contributed by atoms with Crippen LogP contribution in [0, 0.1) is 0 Å². The van der Waals surface area contributed by atoms with Gasteiger partial charge in [0.05, 0.1) is 18.2 Å². The molecule has 2 rings (SSSR count). The lowest BCUT2D eigenvalue weighted by atomic mass is 10.2. The SMILES string of the molecule is Clc1cc(CBr)ccc1OCCCOc1ccccc1. The first-order valence-corrected chi connectivity index (χ1v) is 7.94. The largest absolute Gasteiger partial charge is 0.493 e. The molecule has 0 aliphatic rings. The Morgan fingerprint density at radius 3 is 2.40 bits per heavy atom. The van der Waals surface area contributed by atoms with Gasteiger partial charge in [0.1, 0.15) is 11.5 Å². The van der Waals surface area contributed by atoms with Crippen LogP contribution < -0.4 is 9.47 Å². The first-order chi connectivity index (χ1) is 9.79. The Morgan fingerprint density at radius 1 is 0.950 bits per heavy atom. The fourth-order valence-electron chi connectivity index (χ4n) is 1.69. The summed E-state index contributed by atoms with van der Waals surface area (Å²) >= 11 is 9.54. The monoisotopic (exact) mass is 354 g/mol. The maximum atomic E-state index is 6.14. The summed E-state index contributed by atoms with van der Waals surface area (Å²) in [5, 5.41) is 1.43. The van der Waals surface area contributed by atoms with Crippen LogP contribution in [0.4, 0.5) is 0 Å². The van der Waals surface area contributed by atoms with Gasteiger partial charge >= 0.3 is 0 Å². The summed E-state index contributed by atoms with van der Waals surface area (Å²) < 4.78 is 11.2. The first-order valence-electron chi connectivity index (χ1n) is 6.44. The Hall–Kier alpha value is -1.19. The van der Waals surface area contributed by atoms with Crippen LogP contribution >= 0.6 is 27.5 Å². The molecule has 20 heavy (non-hydrogen) atoms. The fraction of sp³-hybridized carbons (Fsp3) is 0.250. The highest BCUT2D eigenvalue weighted by molar-refractivity contribution is 9.08. The van der Waals surface area contributed by atoms with Crippen LogP contribution in [-0.2, 0) is 5.33 Å². The molecule has 0 bridgehead atoms. The molecule has 4 heteroatoms. The molecule has 0 aliphatic carbocycles. The molecule has 2 nitrogen and oxygen atoms in total. The van der Waals surface area contributed by atoms with Gasteiger partial charge in [-0.3, -0.25) is 0 Å². The van der Waals surface area contributed by atoms with Gasteiger partial charge in [0, 0.05) is 11.8 Å². The highest BCUT2D eigenvalue weighted by atomic mass is 79.9. The normalized spacial score (nSPS) is 10.3. The molecule has 0 aromatic heterocycles. The van der Waals surface area contributed by atoms with Crippen LogP contribution in [0.2, 0.25) is 5.02 Å². The molecule has 0 saturated heterocycles. The zero-order valence-corrected chi connectivity index (χ0v) is 13.4. The summed E-state index contributed by atoms with van der Waals surface area (Å²) in [4.78, 5) is 0. The molecule has 2 aromatic carbocycles. The van der Waals surface area contributed by atoms with E-state index in [9.17, 15) is 0 Å². The molecule has 0 aliphatic heterocycles. The molecule has 106 valence electrons. The van der Waals surface area contributed by atoms with Crippen molar-refractivity contribution in [3.05, 3.63) is 59.1 Å². The molecule has 0 heterocycles. The predicted octanol–water partition coefficient (Wildman–Crippen LogP) is 5.08. The third-order valence-corrected chi connectivity index (χ3v) is 3.65. The van der Waals surface area contributed by atoms with Crippen LogP contribution in [0.1, 0.15) is 12.0 Å². The summed E-state index contributed by atoms with van der Waals surface area (Å²) in [7, 11) is 0. The molecule has 0 unspecified atom stereocenters. The Bertz CT molecular complexity index is 531. The van der Waals surface area contributed by atoms with Crippen molar-refractivity contribution in [1.82, 2.24) is 0 Å². The van der Waals surface area contributed by atoms with E-state index in [4.69, 9.17) is 21.1 Å². The molecule has 0 amide bonds. The summed E-state index contributed by atoms with van der Waals surface area (Å²) in [6, 6.07) is 15.6. The topological polar surface area (TPSA) is 18.5 Å².